The highest BCUT2D eigenvalue weighted by Gasteiger charge is 2.23. The average molecular weight is 413 g/mol. The molecule has 0 spiro atoms. The Labute approximate surface area is 173 Å². The Kier molecular flexibility index (Phi) is 6.77. The molecule has 7 nitrogen and oxygen atoms in total. The molecule has 8 heteroatoms. The fraction of sp³-hybridized carbons (Fsp3) is 0.286. The molecule has 1 aliphatic heterocycles. The van der Waals surface area contributed by atoms with Crippen LogP contribution in [-0.2, 0) is 14.4 Å². The molecule has 0 bridgehead atoms. The summed E-state index contributed by atoms with van der Waals surface area (Å²) in [7, 11) is 1.50. The molecule has 0 radical (unpaired) electrons. The van der Waals surface area contributed by atoms with E-state index in [1.54, 1.807) is 34.9 Å². The number of para-hydroxylation sites is 1. The Morgan fingerprint density at radius 2 is 1.90 bits per heavy atom. The molecule has 0 saturated carbocycles. The first-order valence-corrected chi connectivity index (χ1v) is 10.2. The standard InChI is InChI=1S/C21H23N3O4S/c1-14(25)22-16-13-15(7-8-18(16)28-2)23-20(26)9-10-21(27)24-11-12-29-19-6-4-3-5-17(19)24/h3-8,13H,9-12H2,1-2H3,(H,22,25)(H,23,26). The Hall–Kier alpha value is -3.00. The van der Waals surface area contributed by atoms with Crippen LogP contribution in [0.5, 0.6) is 5.75 Å². The molecule has 3 amide bonds. The highest BCUT2D eigenvalue weighted by atomic mass is 32.2. The molecule has 0 saturated heterocycles. The number of carbonyl (C=O) groups is 3. The molecule has 152 valence electrons. The molecular weight excluding hydrogens is 390 g/mol. The van der Waals surface area contributed by atoms with Crippen molar-refractivity contribution in [2.45, 2.75) is 24.7 Å². The van der Waals surface area contributed by atoms with Crippen molar-refractivity contribution in [3.8, 4) is 5.75 Å². The van der Waals surface area contributed by atoms with Crippen LogP contribution in [0.25, 0.3) is 0 Å². The van der Waals surface area contributed by atoms with E-state index in [1.165, 1.54) is 14.0 Å². The molecule has 2 N–H and O–H groups in total. The summed E-state index contributed by atoms with van der Waals surface area (Å²) >= 11 is 1.73. The maximum absolute atomic E-state index is 12.6. The number of carbonyl (C=O) groups excluding carboxylic acids is 3. The van der Waals surface area contributed by atoms with E-state index in [0.29, 0.717) is 23.7 Å². The van der Waals surface area contributed by atoms with Crippen LogP contribution in [0.4, 0.5) is 17.1 Å². The van der Waals surface area contributed by atoms with Crippen LogP contribution >= 0.6 is 11.8 Å². The minimum Gasteiger partial charge on any atom is -0.495 e. The van der Waals surface area contributed by atoms with Crippen LogP contribution < -0.4 is 20.3 Å². The number of hydrogen-bond donors (Lipinski definition) is 2. The van der Waals surface area contributed by atoms with Crippen molar-refractivity contribution in [3.05, 3.63) is 42.5 Å². The lowest BCUT2D eigenvalue weighted by molar-refractivity contribution is -0.122. The minimum absolute atomic E-state index is 0.0680. The normalized spacial score (nSPS) is 12.7. The topological polar surface area (TPSA) is 87.7 Å². The van der Waals surface area contributed by atoms with Gasteiger partial charge in [0.15, 0.2) is 0 Å². The first-order chi connectivity index (χ1) is 14.0. The van der Waals surface area contributed by atoms with Gasteiger partial charge in [-0.2, -0.15) is 0 Å². The number of nitrogens with zero attached hydrogens (tertiary/aromatic N) is 1. The van der Waals surface area contributed by atoms with Gasteiger partial charge in [0.25, 0.3) is 0 Å². The van der Waals surface area contributed by atoms with Crippen LogP contribution in [0.3, 0.4) is 0 Å². The van der Waals surface area contributed by atoms with Gasteiger partial charge in [-0.05, 0) is 30.3 Å². The van der Waals surface area contributed by atoms with Gasteiger partial charge in [-0.15, -0.1) is 11.8 Å². The number of nitrogens with one attached hydrogen (secondary N) is 2. The zero-order valence-corrected chi connectivity index (χ0v) is 17.2. The van der Waals surface area contributed by atoms with Gasteiger partial charge in [0.05, 0.1) is 18.5 Å². The zero-order valence-electron chi connectivity index (χ0n) is 16.4. The molecular formula is C21H23N3O4S. The molecule has 29 heavy (non-hydrogen) atoms. The molecule has 0 unspecified atom stereocenters. The van der Waals surface area contributed by atoms with E-state index in [4.69, 9.17) is 4.74 Å². The number of rotatable bonds is 6. The van der Waals surface area contributed by atoms with Gasteiger partial charge in [0, 0.05) is 42.6 Å². The third kappa shape index (κ3) is 5.29. The van der Waals surface area contributed by atoms with Gasteiger partial charge in [0.1, 0.15) is 5.75 Å². The van der Waals surface area contributed by atoms with Crippen molar-refractivity contribution in [3.63, 3.8) is 0 Å². The number of anilines is 3. The first kappa shape index (κ1) is 20.7. The minimum atomic E-state index is -0.267. The van der Waals surface area contributed by atoms with Crippen LogP contribution in [0.2, 0.25) is 0 Å². The average Bonchev–Trinajstić information content (AvgIpc) is 2.71. The smallest absolute Gasteiger partial charge is 0.227 e. The molecule has 3 rings (SSSR count). The van der Waals surface area contributed by atoms with Crippen molar-refractivity contribution in [1.82, 2.24) is 0 Å². The van der Waals surface area contributed by atoms with E-state index in [9.17, 15) is 14.4 Å². The summed E-state index contributed by atoms with van der Waals surface area (Å²) in [5, 5.41) is 5.43. The number of amides is 3. The van der Waals surface area contributed by atoms with Gasteiger partial charge in [-0.3, -0.25) is 14.4 Å². The fourth-order valence-electron chi connectivity index (χ4n) is 3.08. The summed E-state index contributed by atoms with van der Waals surface area (Å²) in [5.74, 6) is 0.762. The van der Waals surface area contributed by atoms with E-state index in [0.717, 1.165) is 16.3 Å². The second kappa shape index (κ2) is 9.47. The van der Waals surface area contributed by atoms with Crippen molar-refractivity contribution < 1.29 is 19.1 Å². The second-order valence-corrected chi connectivity index (χ2v) is 7.64. The maximum atomic E-state index is 12.6. The predicted molar refractivity (Wildman–Crippen MR) is 115 cm³/mol. The number of ether oxygens (including phenoxy) is 1. The quantitative estimate of drug-likeness (QED) is 0.757. The van der Waals surface area contributed by atoms with Crippen molar-refractivity contribution >= 4 is 46.5 Å². The Morgan fingerprint density at radius 1 is 1.10 bits per heavy atom. The van der Waals surface area contributed by atoms with Crippen LogP contribution in [0, 0.1) is 0 Å². The molecule has 0 atom stereocenters. The monoisotopic (exact) mass is 413 g/mol. The lowest BCUT2D eigenvalue weighted by Gasteiger charge is -2.29. The molecule has 1 heterocycles. The van der Waals surface area contributed by atoms with Gasteiger partial charge in [0.2, 0.25) is 17.7 Å². The highest BCUT2D eigenvalue weighted by Crippen LogP contribution is 2.34. The lowest BCUT2D eigenvalue weighted by atomic mass is 10.2. The van der Waals surface area contributed by atoms with Crippen molar-refractivity contribution in [2.75, 3.05) is 34.9 Å². The fourth-order valence-corrected chi connectivity index (χ4v) is 4.08. The molecule has 0 aliphatic carbocycles. The Bertz CT molecular complexity index is 932. The van der Waals surface area contributed by atoms with Gasteiger partial charge in [-0.1, -0.05) is 12.1 Å². The Morgan fingerprint density at radius 3 is 2.66 bits per heavy atom. The third-order valence-electron chi connectivity index (χ3n) is 4.39. The summed E-state index contributed by atoms with van der Waals surface area (Å²) < 4.78 is 5.20. The molecule has 0 fully saturated rings. The molecule has 1 aliphatic rings. The van der Waals surface area contributed by atoms with E-state index < -0.39 is 0 Å². The number of benzene rings is 2. The third-order valence-corrected chi connectivity index (χ3v) is 5.43. The maximum Gasteiger partial charge on any atom is 0.227 e. The van der Waals surface area contributed by atoms with Crippen LogP contribution in [-0.4, -0.2) is 37.1 Å². The highest BCUT2D eigenvalue weighted by molar-refractivity contribution is 7.99. The van der Waals surface area contributed by atoms with Crippen molar-refractivity contribution in [2.24, 2.45) is 0 Å². The van der Waals surface area contributed by atoms with E-state index in [-0.39, 0.29) is 30.6 Å². The summed E-state index contributed by atoms with van der Waals surface area (Å²) in [4.78, 5) is 39.1. The van der Waals surface area contributed by atoms with E-state index in [2.05, 4.69) is 10.6 Å². The summed E-state index contributed by atoms with van der Waals surface area (Å²) in [6.45, 7) is 2.04. The van der Waals surface area contributed by atoms with Gasteiger partial charge in [-0.25, -0.2) is 0 Å². The van der Waals surface area contributed by atoms with Crippen LogP contribution in [0.1, 0.15) is 19.8 Å². The molecule has 2 aromatic rings. The molecule has 0 aromatic heterocycles. The predicted octanol–water partition coefficient (Wildman–Crippen LogP) is 3.51. The largest absolute Gasteiger partial charge is 0.495 e. The van der Waals surface area contributed by atoms with Gasteiger partial charge >= 0.3 is 0 Å². The summed E-state index contributed by atoms with van der Waals surface area (Å²) in [6, 6.07) is 12.8. The summed E-state index contributed by atoms with van der Waals surface area (Å²) in [6.07, 6.45) is 0.200. The Balaban J connectivity index is 1.59. The van der Waals surface area contributed by atoms with E-state index in [1.807, 2.05) is 24.3 Å². The zero-order chi connectivity index (χ0) is 20.8. The number of hydrogen-bond acceptors (Lipinski definition) is 5. The molecule has 2 aromatic carbocycles. The second-order valence-electron chi connectivity index (χ2n) is 6.51. The lowest BCUT2D eigenvalue weighted by Crippen LogP contribution is -2.35. The summed E-state index contributed by atoms with van der Waals surface area (Å²) in [5.41, 5.74) is 1.90. The number of thioether (sulfide) groups is 1. The van der Waals surface area contributed by atoms with E-state index >= 15 is 0 Å². The first-order valence-electron chi connectivity index (χ1n) is 9.25. The number of fused-ring (bicyclic) bond motifs is 1. The SMILES string of the molecule is COc1ccc(NC(=O)CCC(=O)N2CCSc3ccccc32)cc1NC(C)=O. The van der Waals surface area contributed by atoms with Gasteiger partial charge < -0.3 is 20.3 Å². The van der Waals surface area contributed by atoms with Crippen LogP contribution in [0.15, 0.2) is 47.4 Å². The number of methoxy groups -OCH3 is 1. The van der Waals surface area contributed by atoms with Crippen molar-refractivity contribution in [1.29, 1.82) is 0 Å².